The van der Waals surface area contributed by atoms with Crippen molar-refractivity contribution >= 4 is 28.5 Å². The molecule has 0 aliphatic heterocycles. The molecule has 0 saturated carbocycles. The lowest BCUT2D eigenvalue weighted by Gasteiger charge is -2.24. The fourth-order valence-corrected chi connectivity index (χ4v) is 3.12. The minimum Gasteiger partial charge on any atom is -0.399 e. The zero-order chi connectivity index (χ0) is 14.0. The van der Waals surface area contributed by atoms with Crippen LogP contribution in [0.15, 0.2) is 18.2 Å². The molecular formula is C14H21N3OS. The molecule has 5 heteroatoms. The highest BCUT2D eigenvalue weighted by molar-refractivity contribution is 7.99. The van der Waals surface area contributed by atoms with Gasteiger partial charge in [-0.3, -0.25) is 0 Å². The average molecular weight is 279 g/mol. The predicted molar refractivity (Wildman–Crippen MR) is 82.6 cm³/mol. The fraction of sp³-hybridized carbons (Fsp3) is 0.500. The third-order valence-electron chi connectivity index (χ3n) is 3.53. The number of fused-ring (bicyclic) bond motifs is 1. The minimum absolute atomic E-state index is 0.167. The summed E-state index contributed by atoms with van der Waals surface area (Å²) in [7, 11) is 0. The molecule has 3 N–H and O–H groups in total. The number of anilines is 1. The number of rotatable bonds is 5. The monoisotopic (exact) mass is 279 g/mol. The van der Waals surface area contributed by atoms with Gasteiger partial charge in [-0.1, -0.05) is 6.92 Å². The van der Waals surface area contributed by atoms with E-state index >= 15 is 0 Å². The largest absolute Gasteiger partial charge is 0.399 e. The molecule has 0 aliphatic rings. The average Bonchev–Trinajstić information content (AvgIpc) is 2.77. The molecule has 4 nitrogen and oxygen atoms in total. The second-order valence-electron chi connectivity index (χ2n) is 4.70. The molecule has 2 rings (SSSR count). The Morgan fingerprint density at radius 1 is 1.47 bits per heavy atom. The number of nitrogens with zero attached hydrogens (tertiary/aromatic N) is 2. The van der Waals surface area contributed by atoms with Crippen molar-refractivity contribution in [2.24, 2.45) is 0 Å². The van der Waals surface area contributed by atoms with E-state index in [1.807, 2.05) is 24.5 Å². The maximum Gasteiger partial charge on any atom is 0.109 e. The summed E-state index contributed by atoms with van der Waals surface area (Å²) in [6, 6.07) is 6.02. The van der Waals surface area contributed by atoms with Gasteiger partial charge in [-0.2, -0.15) is 11.8 Å². The molecule has 2 unspecified atom stereocenters. The van der Waals surface area contributed by atoms with E-state index in [0.717, 1.165) is 29.0 Å². The molecule has 2 atom stereocenters. The lowest BCUT2D eigenvalue weighted by atomic mass is 10.2. The maximum atomic E-state index is 9.50. The van der Waals surface area contributed by atoms with Crippen LogP contribution in [0.3, 0.4) is 0 Å². The van der Waals surface area contributed by atoms with E-state index in [9.17, 15) is 5.11 Å². The lowest BCUT2D eigenvalue weighted by molar-refractivity contribution is 0.270. The van der Waals surface area contributed by atoms with Crippen molar-refractivity contribution in [2.45, 2.75) is 31.6 Å². The number of hydrogen-bond acceptors (Lipinski definition) is 4. The van der Waals surface area contributed by atoms with Crippen LogP contribution in [-0.2, 0) is 6.42 Å². The molecule has 0 saturated heterocycles. The second kappa shape index (κ2) is 5.84. The van der Waals surface area contributed by atoms with Crippen LogP contribution in [0, 0.1) is 0 Å². The summed E-state index contributed by atoms with van der Waals surface area (Å²) in [4.78, 5) is 4.66. The summed E-state index contributed by atoms with van der Waals surface area (Å²) in [6.07, 6.45) is 2.89. The van der Waals surface area contributed by atoms with Gasteiger partial charge in [0.25, 0.3) is 0 Å². The predicted octanol–water partition coefficient (Wildman–Crippen LogP) is 2.47. The van der Waals surface area contributed by atoms with E-state index in [-0.39, 0.29) is 17.9 Å². The lowest BCUT2D eigenvalue weighted by Crippen LogP contribution is -2.23. The first-order valence-electron chi connectivity index (χ1n) is 6.52. The van der Waals surface area contributed by atoms with Gasteiger partial charge in [0.15, 0.2) is 0 Å². The van der Waals surface area contributed by atoms with E-state index < -0.39 is 0 Å². The number of aliphatic hydroxyl groups excluding tert-OH is 1. The number of aryl methyl sites for hydroxylation is 1. The Kier molecular flexibility index (Phi) is 4.37. The first-order valence-corrected chi connectivity index (χ1v) is 7.81. The Morgan fingerprint density at radius 3 is 2.79 bits per heavy atom. The summed E-state index contributed by atoms with van der Waals surface area (Å²) in [5.41, 5.74) is 8.57. The Bertz CT molecular complexity index is 563. The van der Waals surface area contributed by atoms with Crippen molar-refractivity contribution in [3.63, 3.8) is 0 Å². The number of hydrogen-bond donors (Lipinski definition) is 2. The Hall–Kier alpha value is -1.20. The highest BCUT2D eigenvalue weighted by atomic mass is 32.2. The summed E-state index contributed by atoms with van der Waals surface area (Å²) in [6.45, 7) is 4.40. The molecule has 0 radical (unpaired) electrons. The number of nitrogen functional groups attached to an aromatic ring is 1. The number of aliphatic hydroxyl groups is 1. The van der Waals surface area contributed by atoms with Crippen molar-refractivity contribution in [2.75, 3.05) is 18.6 Å². The number of nitrogens with two attached hydrogens (primary N) is 1. The summed E-state index contributed by atoms with van der Waals surface area (Å²) in [5, 5.41) is 9.67. The van der Waals surface area contributed by atoms with Gasteiger partial charge in [-0.15, -0.1) is 0 Å². The van der Waals surface area contributed by atoms with Crippen LogP contribution in [0.4, 0.5) is 5.69 Å². The molecule has 2 aromatic rings. The van der Waals surface area contributed by atoms with Gasteiger partial charge >= 0.3 is 0 Å². The Balaban J connectivity index is 2.57. The highest BCUT2D eigenvalue weighted by Gasteiger charge is 2.21. The maximum absolute atomic E-state index is 9.50. The number of aromatic nitrogens is 2. The standard InChI is InChI=1S/C14H21N3OS/c1-4-14-16-11-7-10(15)5-6-12(11)17(14)9(2)13(8-18)19-3/h5-7,9,13,18H,4,8,15H2,1-3H3. The van der Waals surface area contributed by atoms with E-state index in [4.69, 9.17) is 5.73 Å². The molecule has 0 fully saturated rings. The van der Waals surface area contributed by atoms with Gasteiger partial charge in [0.2, 0.25) is 0 Å². The normalized spacial score (nSPS) is 14.7. The molecular weight excluding hydrogens is 258 g/mol. The molecule has 0 amide bonds. The van der Waals surface area contributed by atoms with Gasteiger partial charge in [0, 0.05) is 23.4 Å². The van der Waals surface area contributed by atoms with Crippen LogP contribution in [-0.4, -0.2) is 32.8 Å². The van der Waals surface area contributed by atoms with Crippen molar-refractivity contribution in [1.82, 2.24) is 9.55 Å². The third-order valence-corrected chi connectivity index (χ3v) is 4.68. The molecule has 1 heterocycles. The van der Waals surface area contributed by atoms with E-state index in [1.165, 1.54) is 0 Å². The molecule has 1 aromatic carbocycles. The molecule has 1 aromatic heterocycles. The van der Waals surface area contributed by atoms with Gasteiger partial charge < -0.3 is 15.4 Å². The first-order chi connectivity index (χ1) is 9.12. The quantitative estimate of drug-likeness (QED) is 0.825. The Labute approximate surface area is 118 Å². The number of benzene rings is 1. The van der Waals surface area contributed by atoms with E-state index in [0.29, 0.717) is 0 Å². The van der Waals surface area contributed by atoms with Crippen LogP contribution in [0.5, 0.6) is 0 Å². The van der Waals surface area contributed by atoms with Crippen LogP contribution in [0.2, 0.25) is 0 Å². The van der Waals surface area contributed by atoms with Crippen molar-refractivity contribution in [3.05, 3.63) is 24.0 Å². The fourth-order valence-electron chi connectivity index (χ4n) is 2.46. The number of thioether (sulfide) groups is 1. The third kappa shape index (κ3) is 2.58. The van der Waals surface area contributed by atoms with Crippen LogP contribution < -0.4 is 5.73 Å². The summed E-state index contributed by atoms with van der Waals surface area (Å²) >= 11 is 1.68. The van der Waals surface area contributed by atoms with Gasteiger partial charge in [0.1, 0.15) is 5.82 Å². The van der Waals surface area contributed by atoms with Crippen molar-refractivity contribution < 1.29 is 5.11 Å². The second-order valence-corrected chi connectivity index (χ2v) is 5.77. The summed E-state index contributed by atoms with van der Waals surface area (Å²) < 4.78 is 2.23. The van der Waals surface area contributed by atoms with Gasteiger partial charge in [0.05, 0.1) is 17.6 Å². The molecule has 0 spiro atoms. The van der Waals surface area contributed by atoms with Gasteiger partial charge in [-0.25, -0.2) is 4.98 Å². The van der Waals surface area contributed by atoms with E-state index in [2.05, 4.69) is 23.4 Å². The molecule has 0 bridgehead atoms. The van der Waals surface area contributed by atoms with Crippen LogP contribution >= 0.6 is 11.8 Å². The smallest absolute Gasteiger partial charge is 0.109 e. The SMILES string of the molecule is CCc1nc2cc(N)ccc2n1C(C)C(CO)SC. The number of imidazole rings is 1. The minimum atomic E-state index is 0.167. The van der Waals surface area contributed by atoms with E-state index in [1.54, 1.807) is 11.8 Å². The first kappa shape index (κ1) is 14.2. The van der Waals surface area contributed by atoms with Gasteiger partial charge in [-0.05, 0) is 31.4 Å². The van der Waals surface area contributed by atoms with Crippen molar-refractivity contribution in [1.29, 1.82) is 0 Å². The topological polar surface area (TPSA) is 64.1 Å². The Morgan fingerprint density at radius 2 is 2.21 bits per heavy atom. The van der Waals surface area contributed by atoms with Crippen LogP contribution in [0.1, 0.15) is 25.7 Å². The zero-order valence-electron chi connectivity index (χ0n) is 11.6. The summed E-state index contributed by atoms with van der Waals surface area (Å²) in [5.74, 6) is 1.04. The molecule has 19 heavy (non-hydrogen) atoms. The van der Waals surface area contributed by atoms with Crippen molar-refractivity contribution in [3.8, 4) is 0 Å². The highest BCUT2D eigenvalue weighted by Crippen LogP contribution is 2.29. The zero-order valence-corrected chi connectivity index (χ0v) is 12.4. The molecule has 0 aliphatic carbocycles. The molecule has 104 valence electrons. The van der Waals surface area contributed by atoms with Crippen LogP contribution in [0.25, 0.3) is 11.0 Å².